The van der Waals surface area contributed by atoms with Crippen LogP contribution in [-0.2, 0) is 6.42 Å². The Morgan fingerprint density at radius 2 is 1.73 bits per heavy atom. The van der Waals surface area contributed by atoms with E-state index in [2.05, 4.69) is 22.4 Å². The van der Waals surface area contributed by atoms with Gasteiger partial charge in [0.1, 0.15) is 11.3 Å². The number of carbonyl (C=O) groups excluding carboxylic acids is 1. The normalized spacial score (nSPS) is 11.1. The van der Waals surface area contributed by atoms with Crippen LogP contribution in [-0.4, -0.2) is 21.8 Å². The molecule has 4 rings (SSSR count). The molecule has 2 aromatic carbocycles. The molecule has 2 heterocycles. The Morgan fingerprint density at radius 3 is 2.58 bits per heavy atom. The van der Waals surface area contributed by atoms with E-state index in [0.29, 0.717) is 23.3 Å². The van der Waals surface area contributed by atoms with Crippen molar-refractivity contribution in [1.29, 1.82) is 0 Å². The lowest BCUT2D eigenvalue weighted by Crippen LogP contribution is -2.26. The number of nitrogens with zero attached hydrogens (tertiary/aromatic N) is 1. The van der Waals surface area contributed by atoms with E-state index in [1.807, 2.05) is 36.4 Å². The first-order valence-corrected chi connectivity index (χ1v) is 8.68. The van der Waals surface area contributed by atoms with Gasteiger partial charge in [0.25, 0.3) is 11.5 Å². The quantitative estimate of drug-likeness (QED) is 0.546. The smallest absolute Gasteiger partial charge is 0.268 e. The highest BCUT2D eigenvalue weighted by molar-refractivity contribution is 5.96. The van der Waals surface area contributed by atoms with Gasteiger partial charge in [-0.1, -0.05) is 42.5 Å². The number of hydrogen-bond acceptors (Lipinski definition) is 2. The van der Waals surface area contributed by atoms with E-state index in [1.54, 1.807) is 22.6 Å². The minimum atomic E-state index is -0.152. The molecule has 2 N–H and O–H groups in total. The van der Waals surface area contributed by atoms with Gasteiger partial charge in [-0.2, -0.15) is 0 Å². The van der Waals surface area contributed by atoms with Crippen molar-refractivity contribution in [3.05, 3.63) is 88.3 Å². The number of hydrogen-bond donors (Lipinski definition) is 2. The predicted molar refractivity (Wildman–Crippen MR) is 103 cm³/mol. The fourth-order valence-electron chi connectivity index (χ4n) is 3.25. The van der Waals surface area contributed by atoms with Crippen LogP contribution in [0.5, 0.6) is 0 Å². The molecule has 5 heteroatoms. The highest BCUT2D eigenvalue weighted by Crippen LogP contribution is 2.15. The largest absolute Gasteiger partial charge is 0.351 e. The van der Waals surface area contributed by atoms with E-state index in [4.69, 9.17) is 0 Å². The van der Waals surface area contributed by atoms with Crippen LogP contribution in [0.1, 0.15) is 22.5 Å². The van der Waals surface area contributed by atoms with E-state index < -0.39 is 0 Å². The first-order chi connectivity index (χ1) is 12.7. The van der Waals surface area contributed by atoms with Crippen LogP contribution in [0.2, 0.25) is 0 Å². The number of rotatable bonds is 5. The highest BCUT2D eigenvalue weighted by atomic mass is 16.2. The van der Waals surface area contributed by atoms with Gasteiger partial charge in [0.2, 0.25) is 0 Å². The molecule has 0 saturated carbocycles. The summed E-state index contributed by atoms with van der Waals surface area (Å²) in [7, 11) is 0. The van der Waals surface area contributed by atoms with E-state index >= 15 is 0 Å². The second-order valence-electron chi connectivity index (χ2n) is 6.26. The Balaban J connectivity index is 1.54. The molecule has 0 aliphatic rings. The molecule has 4 aromatic rings. The Hall–Kier alpha value is -3.34. The van der Waals surface area contributed by atoms with Crippen LogP contribution in [0.15, 0.2) is 71.5 Å². The maximum absolute atomic E-state index is 12.6. The molecule has 26 heavy (non-hydrogen) atoms. The number of aromatic amines is 1. The Morgan fingerprint density at radius 1 is 0.962 bits per heavy atom. The van der Waals surface area contributed by atoms with Crippen LogP contribution in [0.4, 0.5) is 0 Å². The fraction of sp³-hybridized carbons (Fsp3) is 0.143. The minimum absolute atomic E-state index is 0.143. The van der Waals surface area contributed by atoms with Crippen LogP contribution < -0.4 is 10.9 Å². The third-order valence-electron chi connectivity index (χ3n) is 4.52. The SMILES string of the molecule is O=C(NCCCc1ccccc1)c1ccc2[nH]c(=O)c3ccccc3n12. The van der Waals surface area contributed by atoms with Gasteiger partial charge in [0.15, 0.2) is 0 Å². The van der Waals surface area contributed by atoms with E-state index in [-0.39, 0.29) is 11.5 Å². The molecule has 5 nitrogen and oxygen atoms in total. The Kier molecular flexibility index (Phi) is 4.27. The number of amides is 1. The average Bonchev–Trinajstić information content (AvgIpc) is 3.10. The Labute approximate surface area is 150 Å². The zero-order chi connectivity index (χ0) is 17.9. The maximum Gasteiger partial charge on any atom is 0.268 e. The van der Waals surface area contributed by atoms with E-state index in [9.17, 15) is 9.59 Å². The molecule has 0 aliphatic carbocycles. The number of aryl methyl sites for hydroxylation is 1. The number of para-hydroxylation sites is 1. The third kappa shape index (κ3) is 2.99. The van der Waals surface area contributed by atoms with Gasteiger partial charge in [-0.05, 0) is 42.7 Å². The van der Waals surface area contributed by atoms with Gasteiger partial charge >= 0.3 is 0 Å². The predicted octanol–water partition coefficient (Wildman–Crippen LogP) is 3.14. The van der Waals surface area contributed by atoms with Crippen molar-refractivity contribution in [2.75, 3.05) is 6.54 Å². The number of benzene rings is 2. The average molecular weight is 345 g/mol. The summed E-state index contributed by atoms with van der Waals surface area (Å²) >= 11 is 0. The summed E-state index contributed by atoms with van der Waals surface area (Å²) in [4.78, 5) is 27.6. The monoisotopic (exact) mass is 345 g/mol. The first-order valence-electron chi connectivity index (χ1n) is 8.68. The summed E-state index contributed by atoms with van der Waals surface area (Å²) in [5, 5.41) is 3.54. The van der Waals surface area contributed by atoms with E-state index in [0.717, 1.165) is 18.4 Å². The molecule has 0 atom stereocenters. The summed E-state index contributed by atoms with van der Waals surface area (Å²) in [6, 6.07) is 21.0. The highest BCUT2D eigenvalue weighted by Gasteiger charge is 2.14. The van der Waals surface area contributed by atoms with Crippen LogP contribution in [0.3, 0.4) is 0 Å². The fourth-order valence-corrected chi connectivity index (χ4v) is 3.25. The molecule has 130 valence electrons. The summed E-state index contributed by atoms with van der Waals surface area (Å²) in [5.41, 5.74) is 2.97. The van der Waals surface area contributed by atoms with Crippen LogP contribution in [0.25, 0.3) is 16.6 Å². The lowest BCUT2D eigenvalue weighted by atomic mass is 10.1. The molecule has 0 unspecified atom stereocenters. The molecule has 1 amide bonds. The summed E-state index contributed by atoms with van der Waals surface area (Å²) in [6.07, 6.45) is 1.79. The van der Waals surface area contributed by atoms with Crippen molar-refractivity contribution in [1.82, 2.24) is 14.7 Å². The molecule has 0 fully saturated rings. The molecule has 0 radical (unpaired) electrons. The first kappa shape index (κ1) is 16.1. The number of nitrogens with one attached hydrogen (secondary N) is 2. The van der Waals surface area contributed by atoms with E-state index in [1.165, 1.54) is 5.56 Å². The third-order valence-corrected chi connectivity index (χ3v) is 4.52. The molecule has 0 bridgehead atoms. The maximum atomic E-state index is 12.6. The van der Waals surface area contributed by atoms with Gasteiger partial charge in [-0.3, -0.25) is 14.0 Å². The van der Waals surface area contributed by atoms with Gasteiger partial charge in [0, 0.05) is 6.54 Å². The summed E-state index contributed by atoms with van der Waals surface area (Å²) < 4.78 is 1.79. The van der Waals surface area contributed by atoms with Crippen molar-refractivity contribution in [3.63, 3.8) is 0 Å². The van der Waals surface area contributed by atoms with Crippen molar-refractivity contribution in [3.8, 4) is 0 Å². The second kappa shape index (κ2) is 6.88. The summed E-state index contributed by atoms with van der Waals surface area (Å²) in [5.74, 6) is -0.143. The molecule has 2 aromatic heterocycles. The molecular weight excluding hydrogens is 326 g/mol. The van der Waals surface area contributed by atoms with Crippen LogP contribution >= 0.6 is 0 Å². The topological polar surface area (TPSA) is 66.4 Å². The van der Waals surface area contributed by atoms with Gasteiger partial charge in [-0.15, -0.1) is 0 Å². The van der Waals surface area contributed by atoms with Crippen molar-refractivity contribution < 1.29 is 4.79 Å². The van der Waals surface area contributed by atoms with Gasteiger partial charge in [-0.25, -0.2) is 0 Å². The zero-order valence-electron chi connectivity index (χ0n) is 14.2. The van der Waals surface area contributed by atoms with Gasteiger partial charge < -0.3 is 10.3 Å². The van der Waals surface area contributed by atoms with Gasteiger partial charge in [0.05, 0.1) is 10.9 Å². The van der Waals surface area contributed by atoms with Crippen molar-refractivity contribution in [2.45, 2.75) is 12.8 Å². The van der Waals surface area contributed by atoms with Crippen LogP contribution in [0, 0.1) is 0 Å². The minimum Gasteiger partial charge on any atom is -0.351 e. The zero-order valence-corrected chi connectivity index (χ0v) is 14.2. The molecule has 0 aliphatic heterocycles. The standard InChI is InChI=1S/C21H19N3O2/c25-20-16-10-4-5-11-17(16)24-18(12-13-19(24)23-20)21(26)22-14-6-9-15-7-2-1-3-8-15/h1-5,7-8,10-13H,6,9,14H2,(H,22,26)(H,23,25). The number of fused-ring (bicyclic) bond motifs is 3. The lowest BCUT2D eigenvalue weighted by Gasteiger charge is -2.08. The van der Waals surface area contributed by atoms with Crippen molar-refractivity contribution in [2.24, 2.45) is 0 Å². The second-order valence-corrected chi connectivity index (χ2v) is 6.26. The summed E-state index contributed by atoms with van der Waals surface area (Å²) in [6.45, 7) is 0.599. The number of aromatic nitrogens is 2. The van der Waals surface area contributed by atoms with Crippen molar-refractivity contribution >= 4 is 22.5 Å². The Bertz CT molecular complexity index is 1130. The number of H-pyrrole nitrogens is 1. The molecule has 0 saturated heterocycles. The lowest BCUT2D eigenvalue weighted by molar-refractivity contribution is 0.0948. The number of carbonyl (C=O) groups is 1. The molecular formula is C21H19N3O2. The molecule has 0 spiro atoms.